The highest BCUT2D eigenvalue weighted by molar-refractivity contribution is 5.94. The van der Waals surface area contributed by atoms with Gasteiger partial charge in [-0.3, -0.25) is 14.7 Å². The van der Waals surface area contributed by atoms with E-state index in [1.807, 2.05) is 30.3 Å². The van der Waals surface area contributed by atoms with Gasteiger partial charge < -0.3 is 5.73 Å². The maximum absolute atomic E-state index is 12.1. The van der Waals surface area contributed by atoms with Gasteiger partial charge in [0, 0.05) is 11.9 Å². The molecule has 0 atom stereocenters. The van der Waals surface area contributed by atoms with Crippen molar-refractivity contribution in [3.63, 3.8) is 0 Å². The highest BCUT2D eigenvalue weighted by atomic mass is 16.2. The number of amides is 3. The van der Waals surface area contributed by atoms with Crippen LogP contribution in [0.3, 0.4) is 0 Å². The van der Waals surface area contributed by atoms with Gasteiger partial charge in [0.2, 0.25) is 5.91 Å². The summed E-state index contributed by atoms with van der Waals surface area (Å²) in [7, 11) is 0. The SMILES string of the molecule is NC(=O)N(Cc1ccccc1)C(=O)Cc1ccccn1. The Bertz CT molecular complexity index is 585. The molecular formula is C15H15N3O2. The van der Waals surface area contributed by atoms with Crippen molar-refractivity contribution in [1.29, 1.82) is 0 Å². The minimum atomic E-state index is -0.755. The summed E-state index contributed by atoms with van der Waals surface area (Å²) in [5, 5.41) is 0. The molecule has 2 N–H and O–H groups in total. The predicted octanol–water partition coefficient (Wildman–Crippen LogP) is 1.73. The van der Waals surface area contributed by atoms with Gasteiger partial charge in [-0.1, -0.05) is 36.4 Å². The number of pyridine rings is 1. The Morgan fingerprint density at radius 1 is 1.05 bits per heavy atom. The highest BCUT2D eigenvalue weighted by Gasteiger charge is 2.19. The average Bonchev–Trinajstić information content (AvgIpc) is 2.46. The van der Waals surface area contributed by atoms with Crippen LogP contribution < -0.4 is 5.73 Å². The Balaban J connectivity index is 2.09. The molecule has 0 aliphatic rings. The fourth-order valence-corrected chi connectivity index (χ4v) is 1.81. The molecule has 0 bridgehead atoms. The Morgan fingerprint density at radius 3 is 2.35 bits per heavy atom. The molecule has 0 aliphatic carbocycles. The maximum Gasteiger partial charge on any atom is 0.321 e. The third-order valence-electron chi connectivity index (χ3n) is 2.81. The van der Waals surface area contributed by atoms with E-state index in [9.17, 15) is 9.59 Å². The first-order valence-electron chi connectivity index (χ1n) is 6.20. The third-order valence-corrected chi connectivity index (χ3v) is 2.81. The van der Waals surface area contributed by atoms with E-state index in [0.717, 1.165) is 10.5 Å². The Labute approximate surface area is 117 Å². The van der Waals surface area contributed by atoms with Crippen molar-refractivity contribution in [2.75, 3.05) is 0 Å². The number of carbonyl (C=O) groups excluding carboxylic acids is 2. The lowest BCUT2D eigenvalue weighted by atomic mass is 10.2. The molecule has 3 amide bonds. The van der Waals surface area contributed by atoms with Gasteiger partial charge in [0.1, 0.15) is 0 Å². The van der Waals surface area contributed by atoms with E-state index in [2.05, 4.69) is 4.98 Å². The first-order chi connectivity index (χ1) is 9.66. The van der Waals surface area contributed by atoms with Gasteiger partial charge in [0.25, 0.3) is 0 Å². The van der Waals surface area contributed by atoms with Crippen LogP contribution in [0.4, 0.5) is 4.79 Å². The van der Waals surface area contributed by atoms with E-state index in [-0.39, 0.29) is 18.9 Å². The summed E-state index contributed by atoms with van der Waals surface area (Å²) >= 11 is 0. The van der Waals surface area contributed by atoms with Crippen LogP contribution in [0.25, 0.3) is 0 Å². The lowest BCUT2D eigenvalue weighted by molar-refractivity contribution is -0.127. The van der Waals surface area contributed by atoms with Crippen molar-refractivity contribution in [1.82, 2.24) is 9.88 Å². The Hall–Kier alpha value is -2.69. The number of hydrogen-bond acceptors (Lipinski definition) is 3. The van der Waals surface area contributed by atoms with Crippen molar-refractivity contribution in [2.24, 2.45) is 5.73 Å². The van der Waals surface area contributed by atoms with Crippen molar-refractivity contribution >= 4 is 11.9 Å². The molecule has 1 heterocycles. The number of carbonyl (C=O) groups is 2. The topological polar surface area (TPSA) is 76.3 Å². The van der Waals surface area contributed by atoms with E-state index < -0.39 is 6.03 Å². The lowest BCUT2D eigenvalue weighted by Gasteiger charge is -2.18. The molecule has 2 rings (SSSR count). The molecule has 0 unspecified atom stereocenters. The van der Waals surface area contributed by atoms with Crippen LogP contribution in [0, 0.1) is 0 Å². The summed E-state index contributed by atoms with van der Waals surface area (Å²) in [6.45, 7) is 0.168. The number of rotatable bonds is 4. The summed E-state index contributed by atoms with van der Waals surface area (Å²) in [6, 6.07) is 13.8. The third kappa shape index (κ3) is 3.65. The molecule has 102 valence electrons. The van der Waals surface area contributed by atoms with Crippen LogP contribution in [0.5, 0.6) is 0 Å². The molecule has 0 saturated heterocycles. The number of primary amides is 1. The second-order valence-corrected chi connectivity index (χ2v) is 4.30. The quantitative estimate of drug-likeness (QED) is 0.918. The molecule has 2 aromatic rings. The molecule has 1 aromatic carbocycles. The van der Waals surface area contributed by atoms with E-state index in [1.165, 1.54) is 0 Å². The monoisotopic (exact) mass is 269 g/mol. The molecule has 0 fully saturated rings. The summed E-state index contributed by atoms with van der Waals surface area (Å²) in [4.78, 5) is 28.7. The highest BCUT2D eigenvalue weighted by Crippen LogP contribution is 2.07. The van der Waals surface area contributed by atoms with E-state index in [4.69, 9.17) is 5.73 Å². The van der Waals surface area contributed by atoms with E-state index in [1.54, 1.807) is 24.4 Å². The van der Waals surface area contributed by atoms with Gasteiger partial charge in [-0.15, -0.1) is 0 Å². The Morgan fingerprint density at radius 2 is 1.75 bits per heavy atom. The van der Waals surface area contributed by atoms with Crippen molar-refractivity contribution in [3.8, 4) is 0 Å². The largest absolute Gasteiger partial charge is 0.351 e. The van der Waals surface area contributed by atoms with Crippen LogP contribution in [0.15, 0.2) is 54.7 Å². The number of benzene rings is 1. The van der Waals surface area contributed by atoms with Gasteiger partial charge >= 0.3 is 6.03 Å². The fraction of sp³-hybridized carbons (Fsp3) is 0.133. The van der Waals surface area contributed by atoms with E-state index in [0.29, 0.717) is 5.69 Å². The summed E-state index contributed by atoms with van der Waals surface area (Å²) in [5.74, 6) is -0.361. The summed E-state index contributed by atoms with van der Waals surface area (Å²) < 4.78 is 0. The standard InChI is InChI=1S/C15H15N3O2/c16-15(20)18(11-12-6-2-1-3-7-12)14(19)10-13-8-4-5-9-17-13/h1-9H,10-11H2,(H2,16,20). The van der Waals surface area contributed by atoms with Crippen LogP contribution >= 0.6 is 0 Å². The second-order valence-electron chi connectivity index (χ2n) is 4.30. The van der Waals surface area contributed by atoms with Crippen molar-refractivity contribution in [3.05, 3.63) is 66.0 Å². The number of nitrogens with zero attached hydrogens (tertiary/aromatic N) is 2. The second kappa shape index (κ2) is 6.47. The molecule has 5 heteroatoms. The van der Waals surface area contributed by atoms with Crippen molar-refractivity contribution in [2.45, 2.75) is 13.0 Å². The van der Waals surface area contributed by atoms with Crippen LogP contribution in [0.1, 0.15) is 11.3 Å². The number of imide groups is 1. The molecule has 0 aliphatic heterocycles. The van der Waals surface area contributed by atoms with Gasteiger partial charge in [0.15, 0.2) is 0 Å². The number of hydrogen-bond donors (Lipinski definition) is 1. The van der Waals surface area contributed by atoms with Crippen molar-refractivity contribution < 1.29 is 9.59 Å². The zero-order valence-corrected chi connectivity index (χ0v) is 10.9. The summed E-state index contributed by atoms with van der Waals surface area (Å²) in [6.07, 6.45) is 1.66. The van der Waals surface area contributed by atoms with Gasteiger partial charge in [-0.25, -0.2) is 4.79 Å². The van der Waals surface area contributed by atoms with Crippen LogP contribution in [-0.2, 0) is 17.8 Å². The normalized spacial score (nSPS) is 10.0. The summed E-state index contributed by atoms with van der Waals surface area (Å²) in [5.41, 5.74) is 6.74. The molecule has 0 saturated carbocycles. The van der Waals surface area contributed by atoms with Gasteiger partial charge in [-0.2, -0.15) is 0 Å². The molecule has 0 radical (unpaired) electrons. The molecule has 20 heavy (non-hydrogen) atoms. The smallest absolute Gasteiger partial charge is 0.321 e. The zero-order chi connectivity index (χ0) is 14.4. The zero-order valence-electron chi connectivity index (χ0n) is 10.9. The van der Waals surface area contributed by atoms with E-state index >= 15 is 0 Å². The van der Waals surface area contributed by atoms with Crippen LogP contribution in [0.2, 0.25) is 0 Å². The minimum absolute atomic E-state index is 0.0522. The average molecular weight is 269 g/mol. The first kappa shape index (κ1) is 13.7. The fourth-order valence-electron chi connectivity index (χ4n) is 1.81. The first-order valence-corrected chi connectivity index (χ1v) is 6.20. The number of aromatic nitrogens is 1. The lowest BCUT2D eigenvalue weighted by Crippen LogP contribution is -2.41. The maximum atomic E-state index is 12.1. The molecule has 0 spiro atoms. The number of nitrogens with two attached hydrogens (primary N) is 1. The molecule has 5 nitrogen and oxygen atoms in total. The Kier molecular flexibility index (Phi) is 4.44. The predicted molar refractivity (Wildman–Crippen MR) is 74.5 cm³/mol. The molecular weight excluding hydrogens is 254 g/mol. The van der Waals surface area contributed by atoms with Crippen LogP contribution in [-0.4, -0.2) is 21.8 Å². The molecule has 1 aromatic heterocycles. The van der Waals surface area contributed by atoms with Gasteiger partial charge in [0.05, 0.1) is 13.0 Å². The number of urea groups is 1. The van der Waals surface area contributed by atoms with Gasteiger partial charge in [-0.05, 0) is 17.7 Å². The minimum Gasteiger partial charge on any atom is -0.351 e.